The van der Waals surface area contributed by atoms with Gasteiger partial charge in [-0.3, -0.25) is 0 Å². The van der Waals surface area contributed by atoms with Crippen LogP contribution in [0, 0.1) is 6.92 Å². The highest BCUT2D eigenvalue weighted by Crippen LogP contribution is 2.19. The number of hydrogen-bond donors (Lipinski definition) is 0. The maximum Gasteiger partial charge on any atom is 0.122 e. The van der Waals surface area contributed by atoms with E-state index in [4.69, 9.17) is 9.47 Å². The van der Waals surface area contributed by atoms with Crippen LogP contribution in [-0.2, 0) is 11.2 Å². The largest absolute Gasteiger partial charge is 0.492 e. The lowest BCUT2D eigenvalue weighted by Crippen LogP contribution is -2.00. The van der Waals surface area contributed by atoms with Crippen LogP contribution in [-0.4, -0.2) is 25.7 Å². The zero-order valence-corrected chi connectivity index (χ0v) is 10.8. The summed E-state index contributed by atoms with van der Waals surface area (Å²) in [5.41, 5.74) is 2.48. The molecule has 0 amide bonds. The van der Waals surface area contributed by atoms with Gasteiger partial charge in [0.25, 0.3) is 0 Å². The molecule has 1 aromatic carbocycles. The molecule has 0 aromatic heterocycles. The maximum absolute atomic E-state index is 5.57. The van der Waals surface area contributed by atoms with E-state index >= 15 is 0 Å². The fourth-order valence-electron chi connectivity index (χ4n) is 1.40. The Morgan fingerprint density at radius 1 is 1.27 bits per heavy atom. The van der Waals surface area contributed by atoms with Gasteiger partial charge in [-0.2, -0.15) is 0 Å². The number of methoxy groups -OCH3 is 1. The van der Waals surface area contributed by atoms with E-state index < -0.39 is 0 Å². The molecular weight excluding hydrogens is 256 g/mol. The van der Waals surface area contributed by atoms with Crippen molar-refractivity contribution >= 4 is 15.9 Å². The van der Waals surface area contributed by atoms with Crippen molar-refractivity contribution in [1.29, 1.82) is 0 Å². The second kappa shape index (κ2) is 6.85. The number of alkyl halides is 1. The van der Waals surface area contributed by atoms with Gasteiger partial charge in [-0.05, 0) is 30.5 Å². The van der Waals surface area contributed by atoms with E-state index in [0.29, 0.717) is 6.61 Å². The number of halogens is 1. The summed E-state index contributed by atoms with van der Waals surface area (Å²) < 4.78 is 10.6. The molecule has 0 aliphatic carbocycles. The predicted octanol–water partition coefficient (Wildman–Crippen LogP) is 2.96. The van der Waals surface area contributed by atoms with Gasteiger partial charge < -0.3 is 9.47 Å². The molecule has 84 valence electrons. The first-order chi connectivity index (χ1) is 7.27. The lowest BCUT2D eigenvalue weighted by atomic mass is 10.1. The van der Waals surface area contributed by atoms with E-state index in [-0.39, 0.29) is 0 Å². The van der Waals surface area contributed by atoms with Gasteiger partial charge in [0.05, 0.1) is 13.2 Å². The molecule has 0 unspecified atom stereocenters. The maximum atomic E-state index is 5.57. The lowest BCUT2D eigenvalue weighted by molar-refractivity contribution is 0.202. The summed E-state index contributed by atoms with van der Waals surface area (Å²) in [6, 6.07) is 6.28. The van der Waals surface area contributed by atoms with Crippen LogP contribution in [0.3, 0.4) is 0 Å². The van der Waals surface area contributed by atoms with Crippen molar-refractivity contribution in [2.75, 3.05) is 25.7 Å². The number of rotatable bonds is 6. The number of ether oxygens (including phenoxy) is 2. The zero-order chi connectivity index (χ0) is 11.1. The second-order valence-electron chi connectivity index (χ2n) is 3.38. The van der Waals surface area contributed by atoms with Crippen molar-refractivity contribution in [3.8, 4) is 5.75 Å². The number of aryl methyl sites for hydroxylation is 1. The number of benzene rings is 1. The monoisotopic (exact) mass is 272 g/mol. The van der Waals surface area contributed by atoms with Crippen molar-refractivity contribution in [2.45, 2.75) is 13.3 Å². The van der Waals surface area contributed by atoms with E-state index in [1.807, 2.05) is 6.07 Å². The molecule has 0 aliphatic heterocycles. The van der Waals surface area contributed by atoms with Gasteiger partial charge in [0.2, 0.25) is 0 Å². The van der Waals surface area contributed by atoms with Crippen molar-refractivity contribution in [2.24, 2.45) is 0 Å². The SMILES string of the molecule is COCCc1ccc(OCCBr)c(C)c1. The van der Waals surface area contributed by atoms with Crippen molar-refractivity contribution < 1.29 is 9.47 Å². The van der Waals surface area contributed by atoms with E-state index in [9.17, 15) is 0 Å². The Labute approximate surface area is 99.7 Å². The summed E-state index contributed by atoms with van der Waals surface area (Å²) in [5, 5.41) is 0.859. The molecule has 0 heterocycles. The van der Waals surface area contributed by atoms with Gasteiger partial charge in [-0.1, -0.05) is 28.1 Å². The first-order valence-electron chi connectivity index (χ1n) is 5.05. The molecule has 3 heteroatoms. The smallest absolute Gasteiger partial charge is 0.122 e. The van der Waals surface area contributed by atoms with Gasteiger partial charge in [-0.15, -0.1) is 0 Å². The molecule has 0 saturated carbocycles. The molecule has 0 spiro atoms. The molecule has 0 aliphatic rings. The fourth-order valence-corrected chi connectivity index (χ4v) is 1.56. The van der Waals surface area contributed by atoms with E-state index in [1.54, 1.807) is 7.11 Å². The third-order valence-electron chi connectivity index (χ3n) is 2.17. The molecule has 0 N–H and O–H groups in total. The Morgan fingerprint density at radius 2 is 2.07 bits per heavy atom. The lowest BCUT2D eigenvalue weighted by Gasteiger charge is -2.09. The summed E-state index contributed by atoms with van der Waals surface area (Å²) >= 11 is 3.34. The van der Waals surface area contributed by atoms with Crippen LogP contribution in [0.25, 0.3) is 0 Å². The van der Waals surface area contributed by atoms with Crippen LogP contribution < -0.4 is 4.74 Å². The molecule has 0 radical (unpaired) electrons. The van der Waals surface area contributed by atoms with Crippen LogP contribution in [0.4, 0.5) is 0 Å². The van der Waals surface area contributed by atoms with Gasteiger partial charge in [0.1, 0.15) is 5.75 Å². The first kappa shape index (κ1) is 12.5. The van der Waals surface area contributed by atoms with Crippen molar-refractivity contribution in [1.82, 2.24) is 0 Å². The third kappa shape index (κ3) is 4.22. The second-order valence-corrected chi connectivity index (χ2v) is 4.17. The van der Waals surface area contributed by atoms with Crippen LogP contribution in [0.2, 0.25) is 0 Å². The molecule has 1 rings (SSSR count). The highest BCUT2D eigenvalue weighted by Gasteiger charge is 2.00. The predicted molar refractivity (Wildman–Crippen MR) is 66.0 cm³/mol. The third-order valence-corrected chi connectivity index (χ3v) is 2.49. The summed E-state index contributed by atoms with van der Waals surface area (Å²) in [7, 11) is 1.72. The highest BCUT2D eigenvalue weighted by molar-refractivity contribution is 9.09. The van der Waals surface area contributed by atoms with E-state index in [0.717, 1.165) is 24.1 Å². The van der Waals surface area contributed by atoms with Gasteiger partial charge in [-0.25, -0.2) is 0 Å². The van der Waals surface area contributed by atoms with Crippen LogP contribution in [0.1, 0.15) is 11.1 Å². The first-order valence-corrected chi connectivity index (χ1v) is 6.17. The molecule has 0 saturated heterocycles. The fraction of sp³-hybridized carbons (Fsp3) is 0.500. The minimum atomic E-state index is 0.707. The van der Waals surface area contributed by atoms with Crippen LogP contribution in [0.15, 0.2) is 18.2 Å². The molecular formula is C12H17BrO2. The van der Waals surface area contributed by atoms with Crippen molar-refractivity contribution in [3.05, 3.63) is 29.3 Å². The van der Waals surface area contributed by atoms with Crippen molar-refractivity contribution in [3.63, 3.8) is 0 Å². The Kier molecular flexibility index (Phi) is 5.73. The normalized spacial score (nSPS) is 10.3. The zero-order valence-electron chi connectivity index (χ0n) is 9.25. The summed E-state index contributed by atoms with van der Waals surface area (Å²) in [4.78, 5) is 0. The summed E-state index contributed by atoms with van der Waals surface area (Å²) in [6.45, 7) is 3.54. The Morgan fingerprint density at radius 3 is 2.67 bits per heavy atom. The van der Waals surface area contributed by atoms with E-state index in [2.05, 4.69) is 35.0 Å². The molecule has 2 nitrogen and oxygen atoms in total. The molecule has 1 aromatic rings. The molecule has 15 heavy (non-hydrogen) atoms. The van der Waals surface area contributed by atoms with Gasteiger partial charge in [0.15, 0.2) is 0 Å². The van der Waals surface area contributed by atoms with Crippen LogP contribution >= 0.6 is 15.9 Å². The summed E-state index contributed by atoms with van der Waals surface area (Å²) in [5.74, 6) is 0.968. The van der Waals surface area contributed by atoms with Gasteiger partial charge >= 0.3 is 0 Å². The Hall–Kier alpha value is -0.540. The number of hydrogen-bond acceptors (Lipinski definition) is 2. The standard InChI is InChI=1S/C12H17BrO2/c1-10-9-11(5-7-14-2)3-4-12(10)15-8-6-13/h3-4,9H,5-8H2,1-2H3. The quantitative estimate of drug-likeness (QED) is 0.742. The minimum absolute atomic E-state index is 0.707. The average Bonchev–Trinajstić information content (AvgIpc) is 2.25. The summed E-state index contributed by atoms with van der Waals surface area (Å²) in [6.07, 6.45) is 0.954. The highest BCUT2D eigenvalue weighted by atomic mass is 79.9. The Bertz CT molecular complexity index is 300. The van der Waals surface area contributed by atoms with Crippen LogP contribution in [0.5, 0.6) is 5.75 Å². The Balaban J connectivity index is 2.61. The molecule has 0 fully saturated rings. The topological polar surface area (TPSA) is 18.5 Å². The van der Waals surface area contributed by atoms with E-state index in [1.165, 1.54) is 11.1 Å². The molecule has 0 atom stereocenters. The van der Waals surface area contributed by atoms with Gasteiger partial charge in [0, 0.05) is 12.4 Å². The molecule has 0 bridgehead atoms. The minimum Gasteiger partial charge on any atom is -0.492 e. The average molecular weight is 273 g/mol.